The zero-order chi connectivity index (χ0) is 18.1. The Morgan fingerprint density at radius 1 is 1.08 bits per heavy atom. The first-order valence-corrected chi connectivity index (χ1v) is 8.36. The van der Waals surface area contributed by atoms with Crippen LogP contribution in [0.2, 0.25) is 0 Å². The van der Waals surface area contributed by atoms with Crippen LogP contribution in [0.15, 0.2) is 48.8 Å². The predicted octanol–water partition coefficient (Wildman–Crippen LogP) is 2.51. The molecule has 2 rings (SSSR count). The zero-order valence-corrected chi connectivity index (χ0v) is 14.6. The lowest BCUT2D eigenvalue weighted by atomic mass is 10.2. The third kappa shape index (κ3) is 5.60. The van der Waals surface area contributed by atoms with Crippen molar-refractivity contribution in [1.82, 2.24) is 9.88 Å². The highest BCUT2D eigenvalue weighted by atomic mass is 16.5. The Kier molecular flexibility index (Phi) is 6.95. The minimum absolute atomic E-state index is 0.473. The first-order valence-electron chi connectivity index (χ1n) is 8.36. The average molecular weight is 341 g/mol. The highest BCUT2D eigenvalue weighted by Gasteiger charge is 2.20. The number of likely N-dealkylation sites (N-methyl/N-ethyl adjacent to an activating group) is 1. The number of anilines is 1. The fourth-order valence-electron chi connectivity index (χ4n) is 2.35. The Balaban J connectivity index is 1.91. The van der Waals surface area contributed by atoms with Crippen LogP contribution in [0.25, 0.3) is 0 Å². The zero-order valence-electron chi connectivity index (χ0n) is 14.6. The molecular formula is C19H23N3O3. The summed E-state index contributed by atoms with van der Waals surface area (Å²) in [6, 6.07) is 10.7. The molecule has 132 valence electrons. The highest BCUT2D eigenvalue weighted by molar-refractivity contribution is 6.39. The van der Waals surface area contributed by atoms with Crippen LogP contribution >= 0.6 is 0 Å². The Morgan fingerprint density at radius 2 is 1.76 bits per heavy atom. The van der Waals surface area contributed by atoms with Gasteiger partial charge in [-0.1, -0.05) is 0 Å². The fourth-order valence-corrected chi connectivity index (χ4v) is 2.35. The van der Waals surface area contributed by atoms with E-state index >= 15 is 0 Å². The number of nitrogens with one attached hydrogen (secondary N) is 1. The predicted molar refractivity (Wildman–Crippen MR) is 96.4 cm³/mol. The van der Waals surface area contributed by atoms with E-state index in [0.29, 0.717) is 31.8 Å². The highest BCUT2D eigenvalue weighted by Crippen LogP contribution is 2.15. The van der Waals surface area contributed by atoms with Gasteiger partial charge in [0, 0.05) is 31.2 Å². The molecule has 1 heterocycles. The van der Waals surface area contributed by atoms with Crippen molar-refractivity contribution in [3.05, 3.63) is 54.4 Å². The van der Waals surface area contributed by atoms with E-state index in [9.17, 15) is 9.59 Å². The van der Waals surface area contributed by atoms with E-state index in [-0.39, 0.29) is 0 Å². The van der Waals surface area contributed by atoms with Crippen molar-refractivity contribution in [3.8, 4) is 5.75 Å². The maximum atomic E-state index is 12.3. The van der Waals surface area contributed by atoms with E-state index in [0.717, 1.165) is 11.3 Å². The summed E-state index contributed by atoms with van der Waals surface area (Å²) in [7, 11) is 0. The van der Waals surface area contributed by atoms with Crippen molar-refractivity contribution in [2.24, 2.45) is 0 Å². The molecule has 0 fully saturated rings. The second kappa shape index (κ2) is 9.42. The van der Waals surface area contributed by atoms with Gasteiger partial charge in [-0.3, -0.25) is 14.6 Å². The number of aromatic nitrogens is 1. The number of carbonyl (C=O) groups is 2. The van der Waals surface area contributed by atoms with Crippen molar-refractivity contribution >= 4 is 17.5 Å². The van der Waals surface area contributed by atoms with Gasteiger partial charge in [-0.25, -0.2) is 0 Å². The van der Waals surface area contributed by atoms with E-state index in [1.807, 2.05) is 26.0 Å². The van der Waals surface area contributed by atoms with E-state index in [1.165, 1.54) is 4.90 Å². The van der Waals surface area contributed by atoms with Gasteiger partial charge >= 0.3 is 11.8 Å². The molecule has 1 aromatic carbocycles. The quantitative estimate of drug-likeness (QED) is 0.786. The minimum Gasteiger partial charge on any atom is -0.494 e. The van der Waals surface area contributed by atoms with Gasteiger partial charge in [0.15, 0.2) is 0 Å². The molecule has 1 N–H and O–H groups in total. The molecule has 0 saturated carbocycles. The van der Waals surface area contributed by atoms with E-state index < -0.39 is 11.8 Å². The lowest BCUT2D eigenvalue weighted by molar-refractivity contribution is -0.143. The third-order valence-electron chi connectivity index (χ3n) is 3.71. The summed E-state index contributed by atoms with van der Waals surface area (Å²) in [4.78, 5) is 30.0. The van der Waals surface area contributed by atoms with E-state index in [2.05, 4.69) is 10.3 Å². The molecule has 25 heavy (non-hydrogen) atoms. The van der Waals surface area contributed by atoms with Gasteiger partial charge in [-0.05, 0) is 62.2 Å². The maximum Gasteiger partial charge on any atom is 0.313 e. The van der Waals surface area contributed by atoms with E-state index in [4.69, 9.17) is 4.74 Å². The van der Waals surface area contributed by atoms with Crippen LogP contribution < -0.4 is 10.1 Å². The molecule has 0 spiro atoms. The summed E-state index contributed by atoms with van der Waals surface area (Å²) in [5.74, 6) is -0.453. The number of rotatable bonds is 7. The third-order valence-corrected chi connectivity index (χ3v) is 3.71. The Morgan fingerprint density at radius 3 is 2.36 bits per heavy atom. The first-order chi connectivity index (χ1) is 12.1. The van der Waals surface area contributed by atoms with Gasteiger partial charge in [0.25, 0.3) is 0 Å². The van der Waals surface area contributed by atoms with Gasteiger partial charge < -0.3 is 15.0 Å². The summed E-state index contributed by atoms with van der Waals surface area (Å²) in [6.45, 7) is 5.29. The second-order valence-electron chi connectivity index (χ2n) is 5.40. The van der Waals surface area contributed by atoms with Crippen LogP contribution in [0, 0.1) is 0 Å². The van der Waals surface area contributed by atoms with Gasteiger partial charge in [-0.2, -0.15) is 0 Å². The molecule has 6 nitrogen and oxygen atoms in total. The molecule has 1 aromatic heterocycles. The van der Waals surface area contributed by atoms with Crippen LogP contribution in [-0.2, 0) is 16.0 Å². The maximum absolute atomic E-state index is 12.3. The van der Waals surface area contributed by atoms with Crippen molar-refractivity contribution in [2.75, 3.05) is 25.0 Å². The van der Waals surface area contributed by atoms with Crippen molar-refractivity contribution in [3.63, 3.8) is 0 Å². The molecule has 0 bridgehead atoms. The molecule has 0 aliphatic rings. The second-order valence-corrected chi connectivity index (χ2v) is 5.40. The van der Waals surface area contributed by atoms with Crippen LogP contribution in [0.1, 0.15) is 19.4 Å². The summed E-state index contributed by atoms with van der Waals surface area (Å²) < 4.78 is 5.35. The topological polar surface area (TPSA) is 71.5 Å². The van der Waals surface area contributed by atoms with Gasteiger partial charge in [-0.15, -0.1) is 0 Å². The number of hydrogen-bond acceptors (Lipinski definition) is 4. The molecule has 0 aliphatic carbocycles. The number of amides is 2. The van der Waals surface area contributed by atoms with Gasteiger partial charge in [0.1, 0.15) is 5.75 Å². The largest absolute Gasteiger partial charge is 0.494 e. The van der Waals surface area contributed by atoms with Crippen LogP contribution in [0.4, 0.5) is 5.69 Å². The summed E-state index contributed by atoms with van der Waals surface area (Å²) in [6.07, 6.45) is 4.11. The standard InChI is InChI=1S/C19H23N3O3/c1-3-22(14-11-15-9-12-20-13-10-15)19(24)18(23)21-16-5-7-17(8-6-16)25-4-2/h5-10,12-13H,3-4,11,14H2,1-2H3,(H,21,23). The Labute approximate surface area is 147 Å². The van der Waals surface area contributed by atoms with Crippen molar-refractivity contribution < 1.29 is 14.3 Å². The number of nitrogens with zero attached hydrogens (tertiary/aromatic N) is 2. The monoisotopic (exact) mass is 341 g/mol. The van der Waals surface area contributed by atoms with Gasteiger partial charge in [0.2, 0.25) is 0 Å². The molecular weight excluding hydrogens is 318 g/mol. The lowest BCUT2D eigenvalue weighted by Gasteiger charge is -2.20. The molecule has 0 atom stereocenters. The molecule has 6 heteroatoms. The van der Waals surface area contributed by atoms with Crippen LogP contribution in [0.3, 0.4) is 0 Å². The number of pyridine rings is 1. The Bertz CT molecular complexity index is 687. The normalized spacial score (nSPS) is 10.2. The molecule has 0 unspecified atom stereocenters. The van der Waals surface area contributed by atoms with Crippen LogP contribution in [0.5, 0.6) is 5.75 Å². The minimum atomic E-state index is -0.638. The molecule has 0 saturated heterocycles. The van der Waals surface area contributed by atoms with Crippen molar-refractivity contribution in [1.29, 1.82) is 0 Å². The molecule has 0 aliphatic heterocycles. The Hall–Kier alpha value is -2.89. The van der Waals surface area contributed by atoms with E-state index in [1.54, 1.807) is 36.7 Å². The molecule has 2 aromatic rings. The SMILES string of the molecule is CCOc1ccc(NC(=O)C(=O)N(CC)CCc2ccncc2)cc1. The number of ether oxygens (including phenoxy) is 1. The number of carbonyl (C=O) groups excluding carboxylic acids is 2. The fraction of sp³-hybridized carbons (Fsp3) is 0.316. The van der Waals surface area contributed by atoms with Crippen molar-refractivity contribution in [2.45, 2.75) is 20.3 Å². The first kappa shape index (κ1) is 18.4. The average Bonchev–Trinajstić information content (AvgIpc) is 2.64. The molecule has 2 amide bonds. The lowest BCUT2D eigenvalue weighted by Crippen LogP contribution is -2.40. The number of hydrogen-bond donors (Lipinski definition) is 1. The number of benzene rings is 1. The summed E-state index contributed by atoms with van der Waals surface area (Å²) >= 11 is 0. The molecule has 0 radical (unpaired) electrons. The van der Waals surface area contributed by atoms with Gasteiger partial charge in [0.05, 0.1) is 6.61 Å². The summed E-state index contributed by atoms with van der Waals surface area (Å²) in [5.41, 5.74) is 1.64. The summed E-state index contributed by atoms with van der Waals surface area (Å²) in [5, 5.41) is 2.63. The smallest absolute Gasteiger partial charge is 0.313 e. The van der Waals surface area contributed by atoms with Crippen LogP contribution in [-0.4, -0.2) is 41.4 Å².